The third-order valence-corrected chi connectivity index (χ3v) is 1.71. The Labute approximate surface area is 89.0 Å². The molecule has 1 aromatic heterocycles. The van der Waals surface area contributed by atoms with E-state index in [1.165, 1.54) is 6.20 Å². The largest absolute Gasteiger partial charge is 0.347 e. The average Bonchev–Trinajstić information content (AvgIpc) is 2.15. The van der Waals surface area contributed by atoms with Gasteiger partial charge in [0.25, 0.3) is 5.91 Å². The van der Waals surface area contributed by atoms with E-state index < -0.39 is 0 Å². The number of aromatic nitrogens is 1. The minimum atomic E-state index is -0.279. The van der Waals surface area contributed by atoms with Crippen LogP contribution < -0.4 is 16.6 Å². The fourth-order valence-electron chi connectivity index (χ4n) is 1.11. The summed E-state index contributed by atoms with van der Waals surface area (Å²) in [7, 11) is 0. The SMILES string of the molecule is CC(C)(C)NC(=O)c1cnccc1NN. The number of hydrazine groups is 1. The Morgan fingerprint density at radius 1 is 1.47 bits per heavy atom. The lowest BCUT2D eigenvalue weighted by Crippen LogP contribution is -2.41. The molecule has 0 bridgehead atoms. The van der Waals surface area contributed by atoms with Gasteiger partial charge in [0, 0.05) is 17.9 Å². The fraction of sp³-hybridized carbons (Fsp3) is 0.400. The zero-order valence-electron chi connectivity index (χ0n) is 9.16. The molecule has 1 rings (SSSR count). The number of rotatable bonds is 2. The van der Waals surface area contributed by atoms with E-state index >= 15 is 0 Å². The van der Waals surface area contributed by atoms with Gasteiger partial charge in [0.2, 0.25) is 0 Å². The number of carbonyl (C=O) groups is 1. The third kappa shape index (κ3) is 3.21. The number of hydrogen-bond donors (Lipinski definition) is 3. The zero-order chi connectivity index (χ0) is 11.5. The lowest BCUT2D eigenvalue weighted by Gasteiger charge is -2.21. The highest BCUT2D eigenvalue weighted by Crippen LogP contribution is 2.13. The topological polar surface area (TPSA) is 80.0 Å². The molecule has 0 saturated heterocycles. The monoisotopic (exact) mass is 208 g/mol. The van der Waals surface area contributed by atoms with Crippen LogP contribution in [0.15, 0.2) is 18.5 Å². The summed E-state index contributed by atoms with van der Waals surface area (Å²) >= 11 is 0. The Balaban J connectivity index is 2.91. The summed E-state index contributed by atoms with van der Waals surface area (Å²) in [5.41, 5.74) is 3.18. The molecule has 0 radical (unpaired) electrons. The van der Waals surface area contributed by atoms with Crippen molar-refractivity contribution in [2.75, 3.05) is 5.43 Å². The van der Waals surface area contributed by atoms with Gasteiger partial charge >= 0.3 is 0 Å². The van der Waals surface area contributed by atoms with E-state index in [0.717, 1.165) is 0 Å². The molecule has 4 N–H and O–H groups in total. The van der Waals surface area contributed by atoms with Crippen LogP contribution in [0.2, 0.25) is 0 Å². The number of nitrogen functional groups attached to an aromatic ring is 1. The first-order valence-electron chi connectivity index (χ1n) is 4.67. The van der Waals surface area contributed by atoms with E-state index in [9.17, 15) is 4.79 Å². The van der Waals surface area contributed by atoms with Crippen molar-refractivity contribution in [3.8, 4) is 0 Å². The molecule has 15 heavy (non-hydrogen) atoms. The van der Waals surface area contributed by atoms with E-state index in [2.05, 4.69) is 15.7 Å². The Morgan fingerprint density at radius 3 is 2.67 bits per heavy atom. The van der Waals surface area contributed by atoms with E-state index in [0.29, 0.717) is 11.3 Å². The van der Waals surface area contributed by atoms with Gasteiger partial charge < -0.3 is 10.7 Å². The molecule has 5 heteroatoms. The van der Waals surface area contributed by atoms with Crippen LogP contribution in [0.3, 0.4) is 0 Å². The Morgan fingerprint density at radius 2 is 2.13 bits per heavy atom. The molecule has 0 aliphatic carbocycles. The molecule has 0 atom stereocenters. The van der Waals surface area contributed by atoms with Crippen LogP contribution in [0, 0.1) is 0 Å². The first kappa shape index (κ1) is 11.5. The van der Waals surface area contributed by atoms with Gasteiger partial charge in [0.15, 0.2) is 0 Å². The predicted octanol–water partition coefficient (Wildman–Crippen LogP) is 0.895. The third-order valence-electron chi connectivity index (χ3n) is 1.71. The van der Waals surface area contributed by atoms with Gasteiger partial charge in [-0.2, -0.15) is 0 Å². The summed E-state index contributed by atoms with van der Waals surface area (Å²) < 4.78 is 0. The van der Waals surface area contributed by atoms with Crippen molar-refractivity contribution in [1.82, 2.24) is 10.3 Å². The number of pyridine rings is 1. The second kappa shape index (κ2) is 4.27. The van der Waals surface area contributed by atoms with Crippen molar-refractivity contribution in [3.05, 3.63) is 24.0 Å². The maximum absolute atomic E-state index is 11.8. The van der Waals surface area contributed by atoms with E-state index in [1.807, 2.05) is 20.8 Å². The molecule has 5 nitrogen and oxygen atoms in total. The Bertz CT molecular complexity index is 357. The lowest BCUT2D eigenvalue weighted by molar-refractivity contribution is 0.0920. The van der Waals surface area contributed by atoms with Gasteiger partial charge in [-0.1, -0.05) is 0 Å². The van der Waals surface area contributed by atoms with Crippen molar-refractivity contribution in [2.45, 2.75) is 26.3 Å². The first-order chi connectivity index (χ1) is 6.94. The van der Waals surface area contributed by atoms with Gasteiger partial charge in [-0.25, -0.2) is 0 Å². The first-order valence-corrected chi connectivity index (χ1v) is 4.67. The maximum atomic E-state index is 11.8. The fourth-order valence-corrected chi connectivity index (χ4v) is 1.11. The van der Waals surface area contributed by atoms with Gasteiger partial charge in [-0.3, -0.25) is 15.6 Å². The summed E-state index contributed by atoms with van der Waals surface area (Å²) in [5.74, 6) is 5.10. The summed E-state index contributed by atoms with van der Waals surface area (Å²) in [5, 5.41) is 2.84. The van der Waals surface area contributed by atoms with Crippen molar-refractivity contribution in [2.24, 2.45) is 5.84 Å². The average molecular weight is 208 g/mol. The number of amides is 1. The molecule has 1 amide bonds. The Kier molecular flexibility index (Phi) is 3.26. The number of carbonyl (C=O) groups excluding carboxylic acids is 1. The van der Waals surface area contributed by atoms with Gasteiger partial charge in [0.05, 0.1) is 11.3 Å². The van der Waals surface area contributed by atoms with Crippen LogP contribution >= 0.6 is 0 Å². The van der Waals surface area contributed by atoms with Crippen molar-refractivity contribution >= 4 is 11.6 Å². The molecule has 0 saturated carbocycles. The molecule has 0 aliphatic rings. The van der Waals surface area contributed by atoms with E-state index in [1.54, 1.807) is 12.3 Å². The molecule has 1 aromatic rings. The second-order valence-corrected chi connectivity index (χ2v) is 4.27. The van der Waals surface area contributed by atoms with Crippen LogP contribution in [0.5, 0.6) is 0 Å². The van der Waals surface area contributed by atoms with Gasteiger partial charge in [-0.15, -0.1) is 0 Å². The van der Waals surface area contributed by atoms with Crippen LogP contribution in [0.1, 0.15) is 31.1 Å². The molecule has 0 aromatic carbocycles. The molecular formula is C10H16N4O. The summed E-state index contributed by atoms with van der Waals surface area (Å²) in [6.07, 6.45) is 3.05. The predicted molar refractivity (Wildman–Crippen MR) is 59.3 cm³/mol. The number of nitrogens with two attached hydrogens (primary N) is 1. The van der Waals surface area contributed by atoms with Crippen LogP contribution in [0.25, 0.3) is 0 Å². The molecule has 0 spiro atoms. The molecule has 0 fully saturated rings. The number of anilines is 1. The highest BCUT2D eigenvalue weighted by molar-refractivity contribution is 5.99. The maximum Gasteiger partial charge on any atom is 0.255 e. The zero-order valence-corrected chi connectivity index (χ0v) is 9.16. The highest BCUT2D eigenvalue weighted by Gasteiger charge is 2.17. The minimum absolute atomic E-state index is 0.191. The standard InChI is InChI=1S/C10H16N4O/c1-10(2,3)13-9(15)7-6-12-5-4-8(7)14-11/h4-6H,11H2,1-3H3,(H,12,14)(H,13,15). The number of hydrogen-bond acceptors (Lipinski definition) is 4. The lowest BCUT2D eigenvalue weighted by atomic mass is 10.1. The summed E-state index contributed by atoms with van der Waals surface area (Å²) in [6, 6.07) is 1.65. The van der Waals surface area contributed by atoms with Gasteiger partial charge in [0.1, 0.15) is 0 Å². The molecule has 0 unspecified atom stereocenters. The number of nitrogens with zero attached hydrogens (tertiary/aromatic N) is 1. The van der Waals surface area contributed by atoms with Crippen molar-refractivity contribution < 1.29 is 4.79 Å². The number of nitrogens with one attached hydrogen (secondary N) is 2. The van der Waals surface area contributed by atoms with Crippen LogP contribution in [0.4, 0.5) is 5.69 Å². The van der Waals surface area contributed by atoms with Gasteiger partial charge in [-0.05, 0) is 26.8 Å². The molecule has 82 valence electrons. The smallest absolute Gasteiger partial charge is 0.255 e. The van der Waals surface area contributed by atoms with Crippen LogP contribution in [-0.4, -0.2) is 16.4 Å². The summed E-state index contributed by atoms with van der Waals surface area (Å²) in [6.45, 7) is 5.74. The summed E-state index contributed by atoms with van der Waals surface area (Å²) in [4.78, 5) is 15.7. The van der Waals surface area contributed by atoms with Crippen LogP contribution in [-0.2, 0) is 0 Å². The van der Waals surface area contributed by atoms with E-state index in [4.69, 9.17) is 5.84 Å². The van der Waals surface area contributed by atoms with Crippen molar-refractivity contribution in [3.63, 3.8) is 0 Å². The minimum Gasteiger partial charge on any atom is -0.347 e. The quantitative estimate of drug-likeness (QED) is 0.498. The van der Waals surface area contributed by atoms with Crippen molar-refractivity contribution in [1.29, 1.82) is 0 Å². The molecule has 1 heterocycles. The van der Waals surface area contributed by atoms with E-state index in [-0.39, 0.29) is 11.4 Å². The highest BCUT2D eigenvalue weighted by atomic mass is 16.1. The normalized spacial score (nSPS) is 10.9. The Hall–Kier alpha value is -1.62. The molecule has 0 aliphatic heterocycles. The second-order valence-electron chi connectivity index (χ2n) is 4.27. The molecular weight excluding hydrogens is 192 g/mol.